The van der Waals surface area contributed by atoms with Crippen LogP contribution >= 0.6 is 0 Å². The predicted molar refractivity (Wildman–Crippen MR) is 97.2 cm³/mol. The van der Waals surface area contributed by atoms with Crippen LogP contribution < -0.4 is 10.9 Å². The number of carbonyl (C=O) groups is 2. The Balaban J connectivity index is 1.93. The number of rotatable bonds is 4. The van der Waals surface area contributed by atoms with E-state index in [0.717, 1.165) is 0 Å². The third-order valence-corrected chi connectivity index (χ3v) is 3.92. The zero-order valence-electron chi connectivity index (χ0n) is 14.4. The van der Waals surface area contributed by atoms with Gasteiger partial charge in [-0.1, -0.05) is 24.3 Å². The number of para-hydroxylation sites is 3. The number of anilines is 1. The van der Waals surface area contributed by atoms with Crippen LogP contribution in [0.2, 0.25) is 0 Å². The molecule has 0 saturated carbocycles. The Labute approximate surface area is 149 Å². The number of aryl methyl sites for hydroxylation is 1. The van der Waals surface area contributed by atoms with Gasteiger partial charge in [-0.15, -0.1) is 0 Å². The molecule has 7 heteroatoms. The normalized spacial score (nSPS) is 10.5. The molecule has 0 aliphatic rings. The third kappa shape index (κ3) is 3.32. The molecule has 132 valence electrons. The SMILES string of the molecule is COC(=O)c1ccccc1NC(=O)Cn1c(=O)c(C)nc2ccccc21. The Bertz CT molecular complexity index is 1060. The van der Waals surface area contributed by atoms with Gasteiger partial charge >= 0.3 is 5.97 Å². The molecule has 0 saturated heterocycles. The second kappa shape index (κ2) is 7.18. The molecule has 2 aromatic carbocycles. The monoisotopic (exact) mass is 351 g/mol. The summed E-state index contributed by atoms with van der Waals surface area (Å²) >= 11 is 0. The summed E-state index contributed by atoms with van der Waals surface area (Å²) in [5, 5.41) is 2.67. The summed E-state index contributed by atoms with van der Waals surface area (Å²) in [6.07, 6.45) is 0. The molecular weight excluding hydrogens is 334 g/mol. The maximum Gasteiger partial charge on any atom is 0.339 e. The number of methoxy groups -OCH3 is 1. The van der Waals surface area contributed by atoms with Gasteiger partial charge in [-0.05, 0) is 31.2 Å². The molecule has 0 unspecified atom stereocenters. The van der Waals surface area contributed by atoms with Crippen molar-refractivity contribution < 1.29 is 14.3 Å². The number of hydrogen-bond acceptors (Lipinski definition) is 5. The molecule has 3 aromatic rings. The molecule has 3 rings (SSSR count). The first-order valence-electron chi connectivity index (χ1n) is 7.94. The van der Waals surface area contributed by atoms with Gasteiger partial charge in [-0.3, -0.25) is 14.2 Å². The first kappa shape index (κ1) is 17.3. The van der Waals surface area contributed by atoms with Crippen molar-refractivity contribution in [3.8, 4) is 0 Å². The fourth-order valence-electron chi connectivity index (χ4n) is 2.69. The number of esters is 1. The Morgan fingerprint density at radius 2 is 1.81 bits per heavy atom. The molecule has 1 aromatic heterocycles. The third-order valence-electron chi connectivity index (χ3n) is 3.92. The number of benzene rings is 2. The molecule has 0 radical (unpaired) electrons. The van der Waals surface area contributed by atoms with Crippen LogP contribution in [0.25, 0.3) is 11.0 Å². The summed E-state index contributed by atoms with van der Waals surface area (Å²) in [6.45, 7) is 1.41. The average molecular weight is 351 g/mol. The molecule has 0 bridgehead atoms. The molecule has 0 aliphatic heterocycles. The molecule has 0 aliphatic carbocycles. The molecule has 0 atom stereocenters. The van der Waals surface area contributed by atoms with E-state index >= 15 is 0 Å². The van der Waals surface area contributed by atoms with E-state index in [9.17, 15) is 14.4 Å². The van der Waals surface area contributed by atoms with Gasteiger partial charge in [0.15, 0.2) is 0 Å². The van der Waals surface area contributed by atoms with Crippen LogP contribution in [0.5, 0.6) is 0 Å². The highest BCUT2D eigenvalue weighted by Crippen LogP contribution is 2.16. The lowest BCUT2D eigenvalue weighted by atomic mass is 10.2. The first-order chi connectivity index (χ1) is 12.5. The van der Waals surface area contributed by atoms with Gasteiger partial charge in [-0.2, -0.15) is 0 Å². The number of ether oxygens (including phenoxy) is 1. The van der Waals surface area contributed by atoms with Gasteiger partial charge in [0.25, 0.3) is 5.56 Å². The van der Waals surface area contributed by atoms with Crippen LogP contribution in [-0.4, -0.2) is 28.5 Å². The molecule has 0 spiro atoms. The maximum atomic E-state index is 12.5. The van der Waals surface area contributed by atoms with Crippen molar-refractivity contribution >= 4 is 28.6 Å². The van der Waals surface area contributed by atoms with Gasteiger partial charge in [0.2, 0.25) is 5.91 Å². The van der Waals surface area contributed by atoms with Crippen molar-refractivity contribution in [2.24, 2.45) is 0 Å². The minimum atomic E-state index is -0.553. The summed E-state index contributed by atoms with van der Waals surface area (Å²) in [5.74, 6) is -0.984. The molecule has 1 N–H and O–H groups in total. The second-order valence-corrected chi connectivity index (χ2v) is 5.66. The summed E-state index contributed by atoms with van der Waals surface area (Å²) in [7, 11) is 1.27. The Morgan fingerprint density at radius 1 is 1.12 bits per heavy atom. The highest BCUT2D eigenvalue weighted by Gasteiger charge is 2.15. The lowest BCUT2D eigenvalue weighted by molar-refractivity contribution is -0.116. The van der Waals surface area contributed by atoms with E-state index in [4.69, 9.17) is 4.74 Å². The number of fused-ring (bicyclic) bond motifs is 1. The molecule has 7 nitrogen and oxygen atoms in total. The average Bonchev–Trinajstić information content (AvgIpc) is 2.65. The minimum absolute atomic E-state index is 0.196. The standard InChI is InChI=1S/C19H17N3O4/c1-12-18(24)22(16-10-6-5-9-15(16)20-12)11-17(23)21-14-8-4-3-7-13(14)19(25)26-2/h3-10H,11H2,1-2H3,(H,21,23). The van der Waals surface area contributed by atoms with Crippen LogP contribution in [0.3, 0.4) is 0 Å². The van der Waals surface area contributed by atoms with Gasteiger partial charge in [0.1, 0.15) is 12.2 Å². The van der Waals surface area contributed by atoms with E-state index < -0.39 is 11.9 Å². The van der Waals surface area contributed by atoms with E-state index in [-0.39, 0.29) is 17.7 Å². The Morgan fingerprint density at radius 3 is 2.58 bits per heavy atom. The fourth-order valence-corrected chi connectivity index (χ4v) is 2.69. The topological polar surface area (TPSA) is 90.3 Å². The maximum absolute atomic E-state index is 12.5. The van der Waals surface area contributed by atoms with Crippen molar-refractivity contribution in [2.45, 2.75) is 13.5 Å². The molecule has 0 fully saturated rings. The second-order valence-electron chi connectivity index (χ2n) is 5.66. The Kier molecular flexibility index (Phi) is 4.79. The fraction of sp³-hybridized carbons (Fsp3) is 0.158. The van der Waals surface area contributed by atoms with Crippen molar-refractivity contribution in [2.75, 3.05) is 12.4 Å². The van der Waals surface area contributed by atoms with Gasteiger partial charge < -0.3 is 10.1 Å². The van der Waals surface area contributed by atoms with Crippen molar-refractivity contribution in [1.29, 1.82) is 0 Å². The number of carbonyl (C=O) groups excluding carboxylic acids is 2. The van der Waals surface area contributed by atoms with Crippen molar-refractivity contribution in [3.63, 3.8) is 0 Å². The number of aromatic nitrogens is 2. The van der Waals surface area contributed by atoms with Crippen molar-refractivity contribution in [3.05, 3.63) is 70.1 Å². The summed E-state index contributed by atoms with van der Waals surface area (Å²) < 4.78 is 6.08. The molecule has 1 amide bonds. The quantitative estimate of drug-likeness (QED) is 0.727. The summed E-state index contributed by atoms with van der Waals surface area (Å²) in [6, 6.07) is 13.6. The summed E-state index contributed by atoms with van der Waals surface area (Å²) in [4.78, 5) is 41.0. The zero-order chi connectivity index (χ0) is 18.7. The van der Waals surface area contributed by atoms with E-state index in [1.54, 1.807) is 49.4 Å². The largest absolute Gasteiger partial charge is 0.465 e. The van der Waals surface area contributed by atoms with Gasteiger partial charge in [0.05, 0.1) is 29.4 Å². The van der Waals surface area contributed by atoms with Crippen LogP contribution in [-0.2, 0) is 16.1 Å². The molecule has 26 heavy (non-hydrogen) atoms. The number of nitrogens with zero attached hydrogens (tertiary/aromatic N) is 2. The van der Waals surface area contributed by atoms with E-state index in [0.29, 0.717) is 22.4 Å². The first-order valence-corrected chi connectivity index (χ1v) is 7.94. The van der Waals surface area contributed by atoms with Crippen LogP contribution in [0.1, 0.15) is 16.1 Å². The van der Waals surface area contributed by atoms with Crippen LogP contribution in [0.4, 0.5) is 5.69 Å². The highest BCUT2D eigenvalue weighted by molar-refractivity contribution is 6.01. The number of amides is 1. The lowest BCUT2D eigenvalue weighted by Crippen LogP contribution is -2.30. The van der Waals surface area contributed by atoms with Crippen molar-refractivity contribution in [1.82, 2.24) is 9.55 Å². The highest BCUT2D eigenvalue weighted by atomic mass is 16.5. The minimum Gasteiger partial charge on any atom is -0.465 e. The molecule has 1 heterocycles. The summed E-state index contributed by atoms with van der Waals surface area (Å²) in [5.41, 5.74) is 1.75. The van der Waals surface area contributed by atoms with Gasteiger partial charge in [-0.25, -0.2) is 9.78 Å². The number of hydrogen-bond donors (Lipinski definition) is 1. The smallest absolute Gasteiger partial charge is 0.339 e. The van der Waals surface area contributed by atoms with Gasteiger partial charge in [0, 0.05) is 0 Å². The molecular formula is C19H17N3O4. The van der Waals surface area contributed by atoms with E-state index in [1.165, 1.54) is 11.7 Å². The van der Waals surface area contributed by atoms with E-state index in [1.807, 2.05) is 6.07 Å². The lowest BCUT2D eigenvalue weighted by Gasteiger charge is -2.13. The van der Waals surface area contributed by atoms with E-state index in [2.05, 4.69) is 10.3 Å². The predicted octanol–water partition coefficient (Wildman–Crippen LogP) is 2.13. The zero-order valence-corrected chi connectivity index (χ0v) is 14.4. The van der Waals surface area contributed by atoms with Crippen LogP contribution in [0.15, 0.2) is 53.3 Å². The van der Waals surface area contributed by atoms with Crippen LogP contribution in [0, 0.1) is 6.92 Å². The Hall–Kier alpha value is -3.48. The number of nitrogens with one attached hydrogen (secondary N) is 1.